The normalized spacial score (nSPS) is 11.0. The zero-order valence-electron chi connectivity index (χ0n) is 12.8. The Morgan fingerprint density at radius 1 is 1.25 bits per heavy atom. The first-order chi connectivity index (χ1) is 11.6. The minimum Gasteiger partial charge on any atom is -0.366 e. The highest BCUT2D eigenvalue weighted by Crippen LogP contribution is 2.21. The third-order valence-corrected chi connectivity index (χ3v) is 3.48. The van der Waals surface area contributed by atoms with E-state index in [4.69, 9.17) is 5.73 Å². The van der Waals surface area contributed by atoms with E-state index >= 15 is 0 Å². The van der Waals surface area contributed by atoms with E-state index < -0.39 is 5.91 Å². The van der Waals surface area contributed by atoms with Gasteiger partial charge in [0.15, 0.2) is 0 Å². The number of nitrogens with zero attached hydrogens (tertiary/aromatic N) is 1. The van der Waals surface area contributed by atoms with Gasteiger partial charge in [-0.25, -0.2) is 4.98 Å². The molecule has 0 saturated heterocycles. The van der Waals surface area contributed by atoms with Crippen molar-refractivity contribution in [3.63, 3.8) is 0 Å². The van der Waals surface area contributed by atoms with E-state index in [-0.39, 0.29) is 5.91 Å². The number of benzene rings is 1. The molecule has 2 amide bonds. The Morgan fingerprint density at radius 3 is 2.79 bits per heavy atom. The van der Waals surface area contributed by atoms with E-state index in [1.807, 2.05) is 36.4 Å². The van der Waals surface area contributed by atoms with Gasteiger partial charge in [-0.2, -0.15) is 0 Å². The van der Waals surface area contributed by atoms with Crippen LogP contribution in [-0.4, -0.2) is 21.8 Å². The number of H-pyrrole nitrogens is 1. The molecular formula is C18H16N4O2. The topological polar surface area (TPSA) is 101 Å². The molecule has 1 aromatic carbocycles. The zero-order chi connectivity index (χ0) is 16.9. The average Bonchev–Trinajstić information content (AvgIpc) is 2.96. The van der Waals surface area contributed by atoms with Crippen LogP contribution in [0.4, 0.5) is 5.69 Å². The highest BCUT2D eigenvalue weighted by molar-refractivity contribution is 5.97. The van der Waals surface area contributed by atoms with Gasteiger partial charge in [0, 0.05) is 23.2 Å². The lowest BCUT2D eigenvalue weighted by Crippen LogP contribution is -2.14. The number of carbonyl (C=O) groups is 2. The molecule has 4 N–H and O–H groups in total. The number of rotatable bonds is 5. The Balaban J connectivity index is 1.78. The van der Waals surface area contributed by atoms with Crippen LogP contribution in [0.1, 0.15) is 11.1 Å². The average molecular weight is 320 g/mol. The molecule has 0 atom stereocenters. The van der Waals surface area contributed by atoms with E-state index in [1.165, 1.54) is 6.08 Å². The monoisotopic (exact) mass is 320 g/mol. The molecule has 0 unspecified atom stereocenters. The van der Waals surface area contributed by atoms with E-state index in [0.29, 0.717) is 17.8 Å². The van der Waals surface area contributed by atoms with Gasteiger partial charge in [-0.15, -0.1) is 0 Å². The second-order valence-corrected chi connectivity index (χ2v) is 5.31. The molecule has 2 aromatic heterocycles. The number of pyridine rings is 1. The van der Waals surface area contributed by atoms with Gasteiger partial charge in [0.05, 0.1) is 18.3 Å². The van der Waals surface area contributed by atoms with Gasteiger partial charge in [-0.3, -0.25) is 9.59 Å². The third-order valence-electron chi connectivity index (χ3n) is 3.48. The number of hydrogen-bond donors (Lipinski definition) is 3. The van der Waals surface area contributed by atoms with Crippen molar-refractivity contribution in [2.24, 2.45) is 5.73 Å². The van der Waals surface area contributed by atoms with Gasteiger partial charge in [0.2, 0.25) is 11.8 Å². The summed E-state index contributed by atoms with van der Waals surface area (Å²) in [4.78, 5) is 30.3. The Bertz CT molecular complexity index is 913. The van der Waals surface area contributed by atoms with Gasteiger partial charge in [0.1, 0.15) is 5.65 Å². The molecule has 6 nitrogen and oxygen atoms in total. The summed E-state index contributed by atoms with van der Waals surface area (Å²) in [5, 5.41) is 3.63. The van der Waals surface area contributed by atoms with E-state index in [1.54, 1.807) is 18.5 Å². The molecule has 6 heteroatoms. The first-order valence-electron chi connectivity index (χ1n) is 7.40. The van der Waals surface area contributed by atoms with Crippen LogP contribution in [0.3, 0.4) is 0 Å². The van der Waals surface area contributed by atoms with Crippen molar-refractivity contribution in [1.82, 2.24) is 9.97 Å². The number of nitrogens with two attached hydrogens (primary N) is 1. The molecule has 0 bridgehead atoms. The second-order valence-electron chi connectivity index (χ2n) is 5.31. The predicted octanol–water partition coefficient (Wildman–Crippen LogP) is 2.24. The van der Waals surface area contributed by atoms with Crippen molar-refractivity contribution in [3.05, 3.63) is 66.0 Å². The summed E-state index contributed by atoms with van der Waals surface area (Å²) in [6, 6.07) is 11.3. The largest absolute Gasteiger partial charge is 0.366 e. The standard InChI is InChI=1S/C18H16N4O2/c19-16(23)7-6-13-10-20-18-15(13)9-14(11-21-18)22-17(24)8-12-4-2-1-3-5-12/h1-7,9-11H,8H2,(H2,19,23)(H,20,21)(H,22,24). The minimum absolute atomic E-state index is 0.118. The molecule has 0 aliphatic rings. The van der Waals surface area contributed by atoms with Crippen LogP contribution in [0.25, 0.3) is 17.1 Å². The number of hydrogen-bond acceptors (Lipinski definition) is 3. The lowest BCUT2D eigenvalue weighted by Gasteiger charge is -2.05. The van der Waals surface area contributed by atoms with Gasteiger partial charge in [-0.1, -0.05) is 30.3 Å². The fourth-order valence-corrected chi connectivity index (χ4v) is 2.39. The number of carbonyl (C=O) groups excluding carboxylic acids is 2. The van der Waals surface area contributed by atoms with E-state index in [2.05, 4.69) is 15.3 Å². The molecule has 3 rings (SSSR count). The fourth-order valence-electron chi connectivity index (χ4n) is 2.39. The fraction of sp³-hybridized carbons (Fsp3) is 0.0556. The van der Waals surface area contributed by atoms with E-state index in [0.717, 1.165) is 16.5 Å². The SMILES string of the molecule is NC(=O)C=Cc1c[nH]c2ncc(NC(=O)Cc3ccccc3)cc12. The molecular weight excluding hydrogens is 304 g/mol. The van der Waals surface area contributed by atoms with Crippen molar-refractivity contribution >= 4 is 34.6 Å². The number of anilines is 1. The molecule has 0 spiro atoms. The van der Waals surface area contributed by atoms with Gasteiger partial charge >= 0.3 is 0 Å². The van der Waals surface area contributed by atoms with Crippen LogP contribution in [0.2, 0.25) is 0 Å². The summed E-state index contributed by atoms with van der Waals surface area (Å²) < 4.78 is 0. The molecule has 0 aliphatic carbocycles. The van der Waals surface area contributed by atoms with Crippen LogP contribution in [-0.2, 0) is 16.0 Å². The van der Waals surface area contributed by atoms with Crippen LogP contribution >= 0.6 is 0 Å². The summed E-state index contributed by atoms with van der Waals surface area (Å²) >= 11 is 0. The summed E-state index contributed by atoms with van der Waals surface area (Å²) in [6.07, 6.45) is 6.50. The minimum atomic E-state index is -0.523. The molecule has 3 aromatic rings. The summed E-state index contributed by atoms with van der Waals surface area (Å²) in [5.41, 5.74) is 8.09. The Labute approximate surface area is 138 Å². The third kappa shape index (κ3) is 3.67. The quantitative estimate of drug-likeness (QED) is 0.628. The van der Waals surface area contributed by atoms with Gasteiger partial charge in [0.25, 0.3) is 0 Å². The summed E-state index contributed by atoms with van der Waals surface area (Å²) in [6.45, 7) is 0. The summed E-state index contributed by atoms with van der Waals surface area (Å²) in [7, 11) is 0. The molecule has 24 heavy (non-hydrogen) atoms. The predicted molar refractivity (Wildman–Crippen MR) is 93.1 cm³/mol. The lowest BCUT2D eigenvalue weighted by atomic mass is 10.1. The molecule has 0 saturated carbocycles. The Hall–Kier alpha value is -3.41. The smallest absolute Gasteiger partial charge is 0.241 e. The highest BCUT2D eigenvalue weighted by Gasteiger charge is 2.07. The Morgan fingerprint density at radius 2 is 2.04 bits per heavy atom. The maximum Gasteiger partial charge on any atom is 0.241 e. The number of fused-ring (bicyclic) bond motifs is 1. The number of aromatic nitrogens is 2. The van der Waals surface area contributed by atoms with Crippen LogP contribution in [0.15, 0.2) is 54.9 Å². The van der Waals surface area contributed by atoms with E-state index in [9.17, 15) is 9.59 Å². The number of primary amides is 1. The van der Waals surface area contributed by atoms with Crippen LogP contribution < -0.4 is 11.1 Å². The van der Waals surface area contributed by atoms with Crippen molar-refractivity contribution < 1.29 is 9.59 Å². The molecule has 0 radical (unpaired) electrons. The zero-order valence-corrected chi connectivity index (χ0v) is 12.8. The van der Waals surface area contributed by atoms with Crippen LogP contribution in [0, 0.1) is 0 Å². The van der Waals surface area contributed by atoms with Crippen molar-refractivity contribution in [2.75, 3.05) is 5.32 Å². The summed E-state index contributed by atoms with van der Waals surface area (Å²) in [5.74, 6) is -0.642. The molecule has 2 heterocycles. The first-order valence-corrected chi connectivity index (χ1v) is 7.40. The maximum absolute atomic E-state index is 12.1. The molecule has 0 fully saturated rings. The van der Waals surface area contributed by atoms with Crippen molar-refractivity contribution in [1.29, 1.82) is 0 Å². The number of amides is 2. The molecule has 120 valence electrons. The lowest BCUT2D eigenvalue weighted by molar-refractivity contribution is -0.115. The van der Waals surface area contributed by atoms with Gasteiger partial charge in [-0.05, 0) is 17.7 Å². The van der Waals surface area contributed by atoms with Crippen molar-refractivity contribution in [2.45, 2.75) is 6.42 Å². The number of nitrogens with one attached hydrogen (secondary N) is 2. The first kappa shape index (κ1) is 15.5. The van der Waals surface area contributed by atoms with Crippen molar-refractivity contribution in [3.8, 4) is 0 Å². The molecule has 0 aliphatic heterocycles. The number of aromatic amines is 1. The Kier molecular flexibility index (Phi) is 4.38. The van der Waals surface area contributed by atoms with Crippen LogP contribution in [0.5, 0.6) is 0 Å². The van der Waals surface area contributed by atoms with Gasteiger partial charge < -0.3 is 16.0 Å². The maximum atomic E-state index is 12.1. The second kappa shape index (κ2) is 6.78. The highest BCUT2D eigenvalue weighted by atomic mass is 16.1.